The molecule has 0 unspecified atom stereocenters. The van der Waals surface area contributed by atoms with Crippen LogP contribution in [0.2, 0.25) is 0 Å². The molecule has 0 bridgehead atoms. The molecule has 68 heavy (non-hydrogen) atoms. The Bertz CT molecular complexity index is 1410. The fraction of sp³-hybridized carbons (Fsp3) is 0.661. The number of hydrogen-bond acceptors (Lipinski definition) is 6. The molecule has 0 aliphatic heterocycles. The Morgan fingerprint density at radius 2 is 0.618 bits per heavy atom. The van der Waals surface area contributed by atoms with E-state index in [1.165, 1.54) is 96.3 Å². The number of rotatable bonds is 49. The normalized spacial score (nSPS) is 12.9. The first kappa shape index (κ1) is 64.1. The molecule has 386 valence electrons. The lowest BCUT2D eigenvalue weighted by Crippen LogP contribution is -2.30. The Balaban J connectivity index is 4.53. The van der Waals surface area contributed by atoms with Gasteiger partial charge in [-0.2, -0.15) is 0 Å². The second kappa shape index (κ2) is 55.7. The van der Waals surface area contributed by atoms with Crippen LogP contribution in [0.1, 0.15) is 245 Å². The molecular formula is C62H102O6. The molecule has 0 saturated carbocycles. The molecule has 0 heterocycles. The largest absolute Gasteiger partial charge is 0.462 e. The molecule has 1 atom stereocenters. The lowest BCUT2D eigenvalue weighted by Gasteiger charge is -2.18. The van der Waals surface area contributed by atoms with E-state index in [2.05, 4.69) is 124 Å². The third kappa shape index (κ3) is 53.0. The van der Waals surface area contributed by atoms with Crippen LogP contribution in [0, 0.1) is 0 Å². The Morgan fingerprint density at radius 3 is 1.04 bits per heavy atom. The van der Waals surface area contributed by atoms with Gasteiger partial charge in [0.25, 0.3) is 0 Å². The van der Waals surface area contributed by atoms with E-state index in [0.717, 1.165) is 103 Å². The van der Waals surface area contributed by atoms with E-state index in [0.29, 0.717) is 19.3 Å². The number of hydrogen-bond donors (Lipinski definition) is 0. The highest BCUT2D eigenvalue weighted by molar-refractivity contribution is 5.71. The van der Waals surface area contributed by atoms with Crippen molar-refractivity contribution in [2.45, 2.75) is 252 Å². The van der Waals surface area contributed by atoms with Crippen molar-refractivity contribution in [3.05, 3.63) is 109 Å². The van der Waals surface area contributed by atoms with Gasteiger partial charge in [0.15, 0.2) is 6.10 Å². The minimum absolute atomic E-state index is 0.112. The van der Waals surface area contributed by atoms with Gasteiger partial charge in [-0.3, -0.25) is 14.4 Å². The van der Waals surface area contributed by atoms with Gasteiger partial charge in [0.2, 0.25) is 0 Å². The standard InChI is InChI=1S/C62H102O6/c1-4-7-10-13-16-19-22-25-28-30-31-33-34-37-40-43-46-49-52-55-61(64)67-58-59(57-66-60(63)54-51-48-45-42-39-36-27-24-21-18-15-12-9-6-3)68-62(65)56-53-50-47-44-41-38-35-32-29-26-23-20-17-14-11-8-5-2/h7,10,15-16,18-19,24-29,31,33,37,40,46,49,59H,4-6,8-9,11-14,17,20-23,30,32,34-36,38-39,41-45,47-48,50-58H2,1-3H3/b10-7+,18-15+,19-16+,27-24+,28-25+,29-26+,33-31+,40-37+,49-46+/t59-/m1/s1. The zero-order valence-electron chi connectivity index (χ0n) is 44.1. The quantitative estimate of drug-likeness (QED) is 0.0262. The van der Waals surface area contributed by atoms with Crippen LogP contribution in [-0.4, -0.2) is 37.2 Å². The monoisotopic (exact) mass is 943 g/mol. The molecule has 0 N–H and O–H groups in total. The van der Waals surface area contributed by atoms with Gasteiger partial charge in [-0.25, -0.2) is 0 Å². The summed E-state index contributed by atoms with van der Waals surface area (Å²) in [5, 5.41) is 0. The van der Waals surface area contributed by atoms with Crippen LogP contribution in [0.4, 0.5) is 0 Å². The second-order valence-corrected chi connectivity index (χ2v) is 18.1. The summed E-state index contributed by atoms with van der Waals surface area (Å²) in [6.07, 6.45) is 75.1. The highest BCUT2D eigenvalue weighted by Gasteiger charge is 2.19. The van der Waals surface area contributed by atoms with Crippen molar-refractivity contribution in [1.29, 1.82) is 0 Å². The topological polar surface area (TPSA) is 78.9 Å². The lowest BCUT2D eigenvalue weighted by molar-refractivity contribution is -0.166. The zero-order chi connectivity index (χ0) is 49.3. The Hall–Kier alpha value is -3.93. The summed E-state index contributed by atoms with van der Waals surface area (Å²) in [7, 11) is 0. The van der Waals surface area contributed by atoms with Crippen LogP contribution in [0.25, 0.3) is 0 Å². The highest BCUT2D eigenvalue weighted by atomic mass is 16.6. The van der Waals surface area contributed by atoms with Gasteiger partial charge in [0.05, 0.1) is 0 Å². The maximum Gasteiger partial charge on any atom is 0.306 e. The highest BCUT2D eigenvalue weighted by Crippen LogP contribution is 2.14. The first-order valence-corrected chi connectivity index (χ1v) is 27.9. The van der Waals surface area contributed by atoms with Crippen LogP contribution < -0.4 is 0 Å². The van der Waals surface area contributed by atoms with Crippen molar-refractivity contribution in [2.75, 3.05) is 13.2 Å². The molecule has 0 radical (unpaired) electrons. The minimum atomic E-state index is -0.819. The zero-order valence-corrected chi connectivity index (χ0v) is 44.1. The van der Waals surface area contributed by atoms with Crippen molar-refractivity contribution >= 4 is 17.9 Å². The summed E-state index contributed by atoms with van der Waals surface area (Å²) in [6.45, 7) is 6.40. The number of carbonyl (C=O) groups is 3. The number of unbranched alkanes of at least 4 members (excludes halogenated alkanes) is 20. The van der Waals surface area contributed by atoms with E-state index in [1.807, 2.05) is 6.08 Å². The summed E-state index contributed by atoms with van der Waals surface area (Å²) >= 11 is 0. The summed E-state index contributed by atoms with van der Waals surface area (Å²) in [4.78, 5) is 38.1. The van der Waals surface area contributed by atoms with Gasteiger partial charge < -0.3 is 14.2 Å². The summed E-state index contributed by atoms with van der Waals surface area (Å²) < 4.78 is 16.8. The summed E-state index contributed by atoms with van der Waals surface area (Å²) in [5.41, 5.74) is 0. The van der Waals surface area contributed by atoms with Crippen molar-refractivity contribution in [3.63, 3.8) is 0 Å². The molecule has 0 aliphatic carbocycles. The molecule has 0 spiro atoms. The second-order valence-electron chi connectivity index (χ2n) is 18.1. The fourth-order valence-electron chi connectivity index (χ4n) is 7.30. The van der Waals surface area contributed by atoms with Crippen molar-refractivity contribution in [2.24, 2.45) is 0 Å². The molecule has 0 rings (SSSR count). The molecule has 0 aromatic carbocycles. The molecule has 0 aliphatic rings. The van der Waals surface area contributed by atoms with Crippen LogP contribution in [0.15, 0.2) is 109 Å². The van der Waals surface area contributed by atoms with E-state index in [-0.39, 0.29) is 37.5 Å². The van der Waals surface area contributed by atoms with Gasteiger partial charge in [-0.1, -0.05) is 226 Å². The molecular weight excluding hydrogens is 841 g/mol. The predicted octanol–water partition coefficient (Wildman–Crippen LogP) is 18.7. The van der Waals surface area contributed by atoms with Gasteiger partial charge in [-0.05, 0) is 109 Å². The van der Waals surface area contributed by atoms with Crippen molar-refractivity contribution in [1.82, 2.24) is 0 Å². The summed E-state index contributed by atoms with van der Waals surface area (Å²) in [5.74, 6) is -1.02. The Labute approximate surface area is 419 Å². The van der Waals surface area contributed by atoms with Gasteiger partial charge in [0, 0.05) is 19.3 Å². The van der Waals surface area contributed by atoms with Crippen molar-refractivity contribution in [3.8, 4) is 0 Å². The predicted molar refractivity (Wildman–Crippen MR) is 293 cm³/mol. The number of ether oxygens (including phenoxy) is 3. The first-order chi connectivity index (χ1) is 33.5. The smallest absolute Gasteiger partial charge is 0.306 e. The average molecular weight is 943 g/mol. The van der Waals surface area contributed by atoms with E-state index in [1.54, 1.807) is 0 Å². The molecule has 6 heteroatoms. The maximum absolute atomic E-state index is 12.8. The SMILES string of the molecule is CC/C=C/C/C=C/C/C=C/C/C=C/C/C=C/C/C=C/CCC(=O)OC[C@@H](COC(=O)CCCCCCC/C=C/C/C=C/CCCC)OC(=O)CCCCCCCCC/C=C/CCCCCCCC. The van der Waals surface area contributed by atoms with Crippen LogP contribution in [0.5, 0.6) is 0 Å². The molecule has 0 saturated heterocycles. The van der Waals surface area contributed by atoms with Crippen molar-refractivity contribution < 1.29 is 28.6 Å². The molecule has 6 nitrogen and oxygen atoms in total. The van der Waals surface area contributed by atoms with Gasteiger partial charge >= 0.3 is 17.9 Å². The average Bonchev–Trinajstić information content (AvgIpc) is 3.34. The van der Waals surface area contributed by atoms with Crippen LogP contribution in [0.3, 0.4) is 0 Å². The molecule has 0 aromatic heterocycles. The molecule has 0 aromatic rings. The maximum atomic E-state index is 12.8. The lowest BCUT2D eigenvalue weighted by atomic mass is 10.1. The summed E-state index contributed by atoms with van der Waals surface area (Å²) in [6, 6.07) is 0. The number of esters is 3. The van der Waals surface area contributed by atoms with E-state index < -0.39 is 6.10 Å². The van der Waals surface area contributed by atoms with Gasteiger partial charge in [0.1, 0.15) is 13.2 Å². The van der Waals surface area contributed by atoms with Crippen LogP contribution in [-0.2, 0) is 28.6 Å². The molecule has 0 amide bonds. The molecule has 0 fully saturated rings. The van der Waals surface area contributed by atoms with Crippen LogP contribution >= 0.6 is 0 Å². The third-order valence-corrected chi connectivity index (χ3v) is 11.5. The third-order valence-electron chi connectivity index (χ3n) is 11.5. The number of carbonyl (C=O) groups excluding carboxylic acids is 3. The Kier molecular flexibility index (Phi) is 52.4. The fourth-order valence-corrected chi connectivity index (χ4v) is 7.30. The van der Waals surface area contributed by atoms with E-state index in [9.17, 15) is 14.4 Å². The van der Waals surface area contributed by atoms with E-state index in [4.69, 9.17) is 14.2 Å². The van der Waals surface area contributed by atoms with Gasteiger partial charge in [-0.15, -0.1) is 0 Å². The minimum Gasteiger partial charge on any atom is -0.462 e. The van der Waals surface area contributed by atoms with E-state index >= 15 is 0 Å². The number of allylic oxidation sites excluding steroid dienone is 18. The first-order valence-electron chi connectivity index (χ1n) is 27.9. The Morgan fingerprint density at radius 1 is 0.309 bits per heavy atom.